The fourth-order valence-corrected chi connectivity index (χ4v) is 2.96. The third-order valence-corrected chi connectivity index (χ3v) is 3.95. The number of nitrogens with one attached hydrogen (secondary N) is 1. The summed E-state index contributed by atoms with van der Waals surface area (Å²) in [6.07, 6.45) is 2.57. The minimum atomic E-state index is 0.488. The molecule has 0 bridgehead atoms. The molecule has 100 valence electrons. The van der Waals surface area contributed by atoms with Gasteiger partial charge in [-0.1, -0.05) is 43.7 Å². The molecule has 0 saturated carbocycles. The fraction of sp³-hybridized carbons (Fsp3) is 0.625. The molecule has 18 heavy (non-hydrogen) atoms. The summed E-state index contributed by atoms with van der Waals surface area (Å²) in [4.78, 5) is 2.66. The minimum Gasteiger partial charge on any atom is -0.307 e. The van der Waals surface area contributed by atoms with E-state index in [9.17, 15) is 0 Å². The third kappa shape index (κ3) is 3.12. The number of benzene rings is 1. The van der Waals surface area contributed by atoms with E-state index in [1.807, 2.05) is 0 Å². The summed E-state index contributed by atoms with van der Waals surface area (Å²) >= 11 is 0. The molecule has 2 rings (SSSR count). The molecule has 2 atom stereocenters. The lowest BCUT2D eigenvalue weighted by Crippen LogP contribution is -2.54. The zero-order valence-corrected chi connectivity index (χ0v) is 11.9. The Kier molecular flexibility index (Phi) is 4.79. The Labute approximate surface area is 111 Å². The molecule has 1 saturated heterocycles. The highest BCUT2D eigenvalue weighted by Crippen LogP contribution is 2.23. The van der Waals surface area contributed by atoms with Crippen LogP contribution in [0.1, 0.15) is 45.2 Å². The summed E-state index contributed by atoms with van der Waals surface area (Å²) < 4.78 is 0. The monoisotopic (exact) mass is 246 g/mol. The minimum absolute atomic E-state index is 0.488. The first-order valence-corrected chi connectivity index (χ1v) is 7.26. The van der Waals surface area contributed by atoms with Gasteiger partial charge >= 0.3 is 0 Å². The van der Waals surface area contributed by atoms with Gasteiger partial charge in [-0.3, -0.25) is 4.90 Å². The molecule has 0 aliphatic carbocycles. The van der Waals surface area contributed by atoms with Crippen molar-refractivity contribution in [3.8, 4) is 0 Å². The molecule has 0 amide bonds. The molecule has 2 nitrogen and oxygen atoms in total. The van der Waals surface area contributed by atoms with Gasteiger partial charge in [0.2, 0.25) is 0 Å². The Bertz CT molecular complexity index is 347. The molecule has 1 aromatic carbocycles. The van der Waals surface area contributed by atoms with Crippen LogP contribution in [0.4, 0.5) is 0 Å². The van der Waals surface area contributed by atoms with Crippen LogP contribution in [0.25, 0.3) is 0 Å². The molecule has 2 heteroatoms. The molecule has 1 heterocycles. The topological polar surface area (TPSA) is 15.3 Å². The van der Waals surface area contributed by atoms with E-state index in [4.69, 9.17) is 0 Å². The van der Waals surface area contributed by atoms with Crippen LogP contribution in [0.3, 0.4) is 0 Å². The number of rotatable bonds is 4. The van der Waals surface area contributed by atoms with Gasteiger partial charge in [-0.15, -0.1) is 0 Å². The highest BCUT2D eigenvalue weighted by molar-refractivity contribution is 5.20. The number of piperazine rings is 1. The van der Waals surface area contributed by atoms with Crippen LogP contribution in [0.2, 0.25) is 0 Å². The van der Waals surface area contributed by atoms with E-state index in [-0.39, 0.29) is 0 Å². The first kappa shape index (κ1) is 13.6. The highest BCUT2D eigenvalue weighted by Gasteiger charge is 2.29. The average Bonchev–Trinajstić information content (AvgIpc) is 2.40. The zero-order valence-electron chi connectivity index (χ0n) is 11.9. The van der Waals surface area contributed by atoms with Gasteiger partial charge < -0.3 is 5.32 Å². The predicted octanol–water partition coefficient (Wildman–Crippen LogP) is 3.21. The molecular weight excluding hydrogens is 220 g/mol. The van der Waals surface area contributed by atoms with Gasteiger partial charge in [-0.05, 0) is 25.8 Å². The third-order valence-electron chi connectivity index (χ3n) is 3.95. The second-order valence-corrected chi connectivity index (χ2v) is 5.60. The summed E-state index contributed by atoms with van der Waals surface area (Å²) in [5.41, 5.74) is 1.41. The standard InChI is InChI=1S/C16H26N2/c1-4-8-15-11-17-16(12-18(15)13(2)3)14-9-6-5-7-10-14/h5-7,9-10,13,15-17H,4,8,11-12H2,1-3H3. The maximum Gasteiger partial charge on any atom is 0.0450 e. The predicted molar refractivity (Wildman–Crippen MR) is 77.7 cm³/mol. The lowest BCUT2D eigenvalue weighted by atomic mass is 9.98. The van der Waals surface area contributed by atoms with E-state index in [2.05, 4.69) is 61.3 Å². The van der Waals surface area contributed by atoms with Crippen molar-refractivity contribution < 1.29 is 0 Å². The molecule has 1 fully saturated rings. The van der Waals surface area contributed by atoms with E-state index < -0.39 is 0 Å². The second kappa shape index (κ2) is 6.35. The first-order valence-electron chi connectivity index (χ1n) is 7.26. The van der Waals surface area contributed by atoms with Crippen LogP contribution >= 0.6 is 0 Å². The number of nitrogens with zero attached hydrogens (tertiary/aromatic N) is 1. The van der Waals surface area contributed by atoms with Gasteiger partial charge in [-0.2, -0.15) is 0 Å². The maximum atomic E-state index is 3.71. The van der Waals surface area contributed by atoms with E-state index in [1.54, 1.807) is 0 Å². The Morgan fingerprint density at radius 1 is 1.28 bits per heavy atom. The summed E-state index contributed by atoms with van der Waals surface area (Å²) in [6, 6.07) is 12.6. The fourth-order valence-electron chi connectivity index (χ4n) is 2.96. The molecule has 1 aromatic rings. The van der Waals surface area contributed by atoms with E-state index >= 15 is 0 Å². The SMILES string of the molecule is CCCC1CNC(c2ccccc2)CN1C(C)C. The molecule has 2 unspecified atom stereocenters. The van der Waals surface area contributed by atoms with Gasteiger partial charge in [0.05, 0.1) is 0 Å². The van der Waals surface area contributed by atoms with Gasteiger partial charge in [0.1, 0.15) is 0 Å². The van der Waals surface area contributed by atoms with Gasteiger partial charge in [0.25, 0.3) is 0 Å². The van der Waals surface area contributed by atoms with Crippen molar-refractivity contribution in [3.63, 3.8) is 0 Å². The van der Waals surface area contributed by atoms with Crippen molar-refractivity contribution in [1.82, 2.24) is 10.2 Å². The Hall–Kier alpha value is -0.860. The molecule has 0 radical (unpaired) electrons. The van der Waals surface area contributed by atoms with E-state index in [1.165, 1.54) is 18.4 Å². The van der Waals surface area contributed by atoms with Gasteiger partial charge in [0.15, 0.2) is 0 Å². The molecule has 0 spiro atoms. The van der Waals surface area contributed by atoms with Crippen molar-refractivity contribution in [3.05, 3.63) is 35.9 Å². The largest absolute Gasteiger partial charge is 0.307 e. The first-order chi connectivity index (χ1) is 8.72. The van der Waals surface area contributed by atoms with Crippen LogP contribution in [0.5, 0.6) is 0 Å². The Balaban J connectivity index is 2.06. The van der Waals surface area contributed by atoms with E-state index in [0.29, 0.717) is 18.1 Å². The average molecular weight is 246 g/mol. The summed E-state index contributed by atoms with van der Waals surface area (Å²) in [5, 5.41) is 3.71. The van der Waals surface area contributed by atoms with Gasteiger partial charge in [0, 0.05) is 31.2 Å². The Morgan fingerprint density at radius 3 is 2.61 bits per heavy atom. The summed E-state index contributed by atoms with van der Waals surface area (Å²) in [5.74, 6) is 0. The van der Waals surface area contributed by atoms with Crippen LogP contribution in [0, 0.1) is 0 Å². The van der Waals surface area contributed by atoms with Crippen molar-refractivity contribution in [2.45, 2.75) is 51.7 Å². The van der Waals surface area contributed by atoms with Crippen molar-refractivity contribution >= 4 is 0 Å². The number of hydrogen-bond donors (Lipinski definition) is 1. The normalized spacial score (nSPS) is 25.6. The van der Waals surface area contributed by atoms with Gasteiger partial charge in [-0.25, -0.2) is 0 Å². The lowest BCUT2D eigenvalue weighted by Gasteiger charge is -2.43. The van der Waals surface area contributed by atoms with Crippen molar-refractivity contribution in [1.29, 1.82) is 0 Å². The molecule has 1 aliphatic heterocycles. The van der Waals surface area contributed by atoms with Crippen LogP contribution in [0.15, 0.2) is 30.3 Å². The quantitative estimate of drug-likeness (QED) is 0.877. The summed E-state index contributed by atoms with van der Waals surface area (Å²) in [6.45, 7) is 9.16. The van der Waals surface area contributed by atoms with E-state index in [0.717, 1.165) is 13.1 Å². The molecule has 1 N–H and O–H groups in total. The molecule has 0 aromatic heterocycles. The Morgan fingerprint density at radius 2 is 2.00 bits per heavy atom. The molecular formula is C16H26N2. The molecule has 1 aliphatic rings. The smallest absolute Gasteiger partial charge is 0.0450 e. The van der Waals surface area contributed by atoms with Crippen LogP contribution in [-0.4, -0.2) is 30.1 Å². The van der Waals surface area contributed by atoms with Crippen molar-refractivity contribution in [2.75, 3.05) is 13.1 Å². The maximum absolute atomic E-state index is 3.71. The second-order valence-electron chi connectivity index (χ2n) is 5.60. The van der Waals surface area contributed by atoms with Crippen LogP contribution in [-0.2, 0) is 0 Å². The van der Waals surface area contributed by atoms with Crippen LogP contribution < -0.4 is 5.32 Å². The highest BCUT2D eigenvalue weighted by atomic mass is 15.2. The lowest BCUT2D eigenvalue weighted by molar-refractivity contribution is 0.0906. The van der Waals surface area contributed by atoms with Crippen molar-refractivity contribution in [2.24, 2.45) is 0 Å². The summed E-state index contributed by atoms with van der Waals surface area (Å²) in [7, 11) is 0. The number of hydrogen-bond acceptors (Lipinski definition) is 2. The zero-order chi connectivity index (χ0) is 13.0.